The Bertz CT molecular complexity index is 1090. The molecule has 3 N–H and O–H groups in total. The molecule has 2 heterocycles. The molecule has 4 rings (SSSR count). The van der Waals surface area contributed by atoms with Crippen molar-refractivity contribution in [1.82, 2.24) is 25.2 Å². The number of nitrogen functional groups attached to an aromatic ring is 1. The molecule has 2 aromatic carbocycles. The van der Waals surface area contributed by atoms with E-state index in [1.54, 1.807) is 4.57 Å². The maximum atomic E-state index is 12.7. The molecule has 1 atom stereocenters. The summed E-state index contributed by atoms with van der Waals surface area (Å²) in [4.78, 5) is 17.2. The molecule has 0 aliphatic rings. The SMILES string of the molecule is CC(NC(=O)Cn1c(-c2nonc2N)nc2ccccc21)c1ccccc1. The first kappa shape index (κ1) is 16.8. The summed E-state index contributed by atoms with van der Waals surface area (Å²) in [5.41, 5.74) is 8.72. The number of benzene rings is 2. The van der Waals surface area contributed by atoms with Crippen LogP contribution >= 0.6 is 0 Å². The van der Waals surface area contributed by atoms with Gasteiger partial charge in [0.25, 0.3) is 0 Å². The summed E-state index contributed by atoms with van der Waals surface area (Å²) in [6, 6.07) is 17.2. The number of carbonyl (C=O) groups is 1. The Kier molecular flexibility index (Phi) is 4.29. The van der Waals surface area contributed by atoms with Gasteiger partial charge in [0.2, 0.25) is 5.91 Å². The number of nitrogens with two attached hydrogens (primary N) is 1. The topological polar surface area (TPSA) is 112 Å². The number of rotatable bonds is 5. The van der Waals surface area contributed by atoms with Crippen LogP contribution in [0.1, 0.15) is 18.5 Å². The molecular weight excluding hydrogens is 344 g/mol. The van der Waals surface area contributed by atoms with Crippen molar-refractivity contribution in [1.29, 1.82) is 0 Å². The van der Waals surface area contributed by atoms with Gasteiger partial charge in [-0.25, -0.2) is 9.61 Å². The van der Waals surface area contributed by atoms with Crippen LogP contribution in [0.3, 0.4) is 0 Å². The molecule has 0 aliphatic carbocycles. The average Bonchev–Trinajstić information content (AvgIpc) is 3.26. The summed E-state index contributed by atoms with van der Waals surface area (Å²) < 4.78 is 6.46. The molecule has 0 fully saturated rings. The number of hydrogen-bond acceptors (Lipinski definition) is 6. The van der Waals surface area contributed by atoms with E-state index < -0.39 is 0 Å². The van der Waals surface area contributed by atoms with Crippen LogP contribution in [0.4, 0.5) is 5.82 Å². The van der Waals surface area contributed by atoms with Gasteiger partial charge in [-0.3, -0.25) is 4.79 Å². The fourth-order valence-corrected chi connectivity index (χ4v) is 3.02. The molecule has 27 heavy (non-hydrogen) atoms. The monoisotopic (exact) mass is 362 g/mol. The third kappa shape index (κ3) is 3.24. The number of anilines is 1. The van der Waals surface area contributed by atoms with Crippen LogP contribution in [0, 0.1) is 0 Å². The number of aromatic nitrogens is 4. The number of carbonyl (C=O) groups excluding carboxylic acids is 1. The molecule has 0 bridgehead atoms. The molecule has 2 aromatic heterocycles. The lowest BCUT2D eigenvalue weighted by Gasteiger charge is -2.15. The van der Waals surface area contributed by atoms with Crippen molar-refractivity contribution in [2.24, 2.45) is 0 Å². The highest BCUT2D eigenvalue weighted by Gasteiger charge is 2.21. The van der Waals surface area contributed by atoms with Crippen molar-refractivity contribution in [3.63, 3.8) is 0 Å². The average molecular weight is 362 g/mol. The van der Waals surface area contributed by atoms with Gasteiger partial charge >= 0.3 is 0 Å². The van der Waals surface area contributed by atoms with Gasteiger partial charge in [0, 0.05) is 0 Å². The van der Waals surface area contributed by atoms with Crippen LogP contribution in [0.2, 0.25) is 0 Å². The van der Waals surface area contributed by atoms with Gasteiger partial charge in [0.05, 0.1) is 17.1 Å². The quantitative estimate of drug-likeness (QED) is 0.564. The van der Waals surface area contributed by atoms with Gasteiger partial charge in [-0.2, -0.15) is 0 Å². The molecule has 8 heteroatoms. The number of nitrogens with one attached hydrogen (secondary N) is 1. The molecule has 0 aliphatic heterocycles. The molecule has 0 saturated carbocycles. The van der Waals surface area contributed by atoms with Gasteiger partial charge in [0.15, 0.2) is 17.3 Å². The first-order chi connectivity index (χ1) is 13.1. The zero-order chi connectivity index (χ0) is 18.8. The number of amides is 1. The lowest BCUT2D eigenvalue weighted by Crippen LogP contribution is -2.30. The van der Waals surface area contributed by atoms with E-state index in [-0.39, 0.29) is 24.3 Å². The van der Waals surface area contributed by atoms with E-state index in [9.17, 15) is 4.79 Å². The fourth-order valence-electron chi connectivity index (χ4n) is 3.02. The third-order valence-electron chi connectivity index (χ3n) is 4.36. The summed E-state index contributed by atoms with van der Waals surface area (Å²) in [7, 11) is 0. The standard InChI is InChI=1S/C19H18N6O2/c1-12(13-7-3-2-4-8-13)21-16(26)11-25-15-10-6-5-9-14(15)22-19(25)17-18(20)24-27-23-17/h2-10,12H,11H2,1H3,(H2,20,24)(H,21,26). The highest BCUT2D eigenvalue weighted by molar-refractivity contribution is 5.85. The summed E-state index contributed by atoms with van der Waals surface area (Å²) in [5, 5.41) is 10.4. The minimum absolute atomic E-state index is 0.0688. The molecular formula is C19H18N6O2. The second-order valence-corrected chi connectivity index (χ2v) is 6.21. The normalized spacial score (nSPS) is 12.2. The predicted octanol–water partition coefficient (Wildman–Crippen LogP) is 2.55. The zero-order valence-corrected chi connectivity index (χ0v) is 14.7. The van der Waals surface area contributed by atoms with Gasteiger partial charge < -0.3 is 15.6 Å². The molecule has 1 unspecified atom stereocenters. The van der Waals surface area contributed by atoms with E-state index in [0.717, 1.165) is 16.6 Å². The Morgan fingerprint density at radius 3 is 2.63 bits per heavy atom. The Balaban J connectivity index is 1.65. The van der Waals surface area contributed by atoms with Crippen LogP contribution < -0.4 is 11.1 Å². The van der Waals surface area contributed by atoms with Crippen molar-refractivity contribution in [2.75, 3.05) is 5.73 Å². The minimum Gasteiger partial charge on any atom is -0.379 e. The number of imidazole rings is 1. The zero-order valence-electron chi connectivity index (χ0n) is 14.7. The molecule has 8 nitrogen and oxygen atoms in total. The van der Waals surface area contributed by atoms with Gasteiger partial charge in [0.1, 0.15) is 6.54 Å². The summed E-state index contributed by atoms with van der Waals surface area (Å²) in [6.45, 7) is 2.01. The van der Waals surface area contributed by atoms with Crippen LogP contribution in [0.25, 0.3) is 22.6 Å². The number of fused-ring (bicyclic) bond motifs is 1. The summed E-state index contributed by atoms with van der Waals surface area (Å²) in [5.74, 6) is 0.424. The first-order valence-corrected chi connectivity index (χ1v) is 8.51. The van der Waals surface area contributed by atoms with Gasteiger partial charge in [-0.1, -0.05) is 42.5 Å². The second kappa shape index (κ2) is 6.91. The van der Waals surface area contributed by atoms with E-state index >= 15 is 0 Å². The number of nitrogens with zero attached hydrogens (tertiary/aromatic N) is 4. The van der Waals surface area contributed by atoms with Crippen molar-refractivity contribution in [3.05, 3.63) is 60.2 Å². The number of hydrogen-bond donors (Lipinski definition) is 2. The maximum Gasteiger partial charge on any atom is 0.240 e. The van der Waals surface area contributed by atoms with Crippen LogP contribution in [0.5, 0.6) is 0 Å². The highest BCUT2D eigenvalue weighted by Crippen LogP contribution is 2.26. The first-order valence-electron chi connectivity index (χ1n) is 8.51. The largest absolute Gasteiger partial charge is 0.379 e. The molecule has 0 spiro atoms. The van der Waals surface area contributed by atoms with E-state index in [2.05, 4.69) is 20.6 Å². The highest BCUT2D eigenvalue weighted by atomic mass is 16.6. The van der Waals surface area contributed by atoms with Crippen molar-refractivity contribution in [3.8, 4) is 11.5 Å². The van der Waals surface area contributed by atoms with Crippen LogP contribution in [-0.2, 0) is 11.3 Å². The number of para-hydroxylation sites is 2. The fraction of sp³-hybridized carbons (Fsp3) is 0.158. The lowest BCUT2D eigenvalue weighted by atomic mass is 10.1. The van der Waals surface area contributed by atoms with E-state index in [1.807, 2.05) is 61.5 Å². The third-order valence-corrected chi connectivity index (χ3v) is 4.36. The van der Waals surface area contributed by atoms with Crippen LogP contribution in [0.15, 0.2) is 59.2 Å². The van der Waals surface area contributed by atoms with Crippen molar-refractivity contribution in [2.45, 2.75) is 19.5 Å². The Hall–Kier alpha value is -3.68. The van der Waals surface area contributed by atoms with Gasteiger partial charge in [-0.15, -0.1) is 0 Å². The Morgan fingerprint density at radius 2 is 1.89 bits per heavy atom. The van der Waals surface area contributed by atoms with E-state index in [1.165, 1.54) is 0 Å². The van der Waals surface area contributed by atoms with Crippen LogP contribution in [-0.4, -0.2) is 25.8 Å². The van der Waals surface area contributed by atoms with Crippen molar-refractivity contribution >= 4 is 22.8 Å². The Labute approximate surface area is 155 Å². The molecule has 1 amide bonds. The maximum absolute atomic E-state index is 12.7. The summed E-state index contributed by atoms with van der Waals surface area (Å²) >= 11 is 0. The van der Waals surface area contributed by atoms with E-state index in [4.69, 9.17) is 10.4 Å². The second-order valence-electron chi connectivity index (χ2n) is 6.21. The molecule has 4 aromatic rings. The lowest BCUT2D eigenvalue weighted by molar-refractivity contribution is -0.122. The van der Waals surface area contributed by atoms with E-state index in [0.29, 0.717) is 11.5 Å². The minimum atomic E-state index is -0.147. The predicted molar refractivity (Wildman–Crippen MR) is 100 cm³/mol. The summed E-state index contributed by atoms with van der Waals surface area (Å²) in [6.07, 6.45) is 0. The molecule has 136 valence electrons. The smallest absolute Gasteiger partial charge is 0.240 e. The van der Waals surface area contributed by atoms with Gasteiger partial charge in [-0.05, 0) is 34.9 Å². The Morgan fingerprint density at radius 1 is 1.15 bits per heavy atom. The van der Waals surface area contributed by atoms with Crippen molar-refractivity contribution < 1.29 is 9.42 Å². The molecule has 0 radical (unpaired) electrons. The molecule has 0 saturated heterocycles.